The van der Waals surface area contributed by atoms with Crippen LogP contribution >= 0.6 is 27.5 Å². The molecule has 0 radical (unpaired) electrons. The third kappa shape index (κ3) is 5.27. The van der Waals surface area contributed by atoms with Gasteiger partial charge in [0.15, 0.2) is 18.1 Å². The highest BCUT2D eigenvalue weighted by atomic mass is 79.9. The molecule has 0 spiro atoms. The third-order valence-corrected chi connectivity index (χ3v) is 4.01. The lowest BCUT2D eigenvalue weighted by molar-refractivity contribution is -0.123. The van der Waals surface area contributed by atoms with Crippen LogP contribution in [0, 0.1) is 0 Å². The van der Waals surface area contributed by atoms with Crippen molar-refractivity contribution in [1.82, 2.24) is 5.43 Å². The molecule has 26 heavy (non-hydrogen) atoms. The van der Waals surface area contributed by atoms with Gasteiger partial charge in [0.25, 0.3) is 5.91 Å². The molecule has 2 N–H and O–H groups in total. The molecule has 0 saturated heterocycles. The van der Waals surface area contributed by atoms with Gasteiger partial charge in [-0.1, -0.05) is 11.6 Å². The second kappa shape index (κ2) is 9.30. The molecule has 9 heteroatoms. The molecule has 2 rings (SSSR count). The topological polar surface area (TPSA) is 89.4 Å². The summed E-state index contributed by atoms with van der Waals surface area (Å²) < 4.78 is 16.1. The summed E-state index contributed by atoms with van der Waals surface area (Å²) >= 11 is 9.14. The van der Waals surface area contributed by atoms with Gasteiger partial charge in [0, 0.05) is 10.6 Å². The summed E-state index contributed by atoms with van der Waals surface area (Å²) in [6.07, 6.45) is 1.39. The maximum atomic E-state index is 11.8. The monoisotopic (exact) mass is 442 g/mol. The Labute approximate surface area is 163 Å². The van der Waals surface area contributed by atoms with Crippen molar-refractivity contribution in [2.75, 3.05) is 20.8 Å². The Morgan fingerprint density at radius 2 is 1.88 bits per heavy atom. The lowest BCUT2D eigenvalue weighted by Crippen LogP contribution is -2.24. The highest BCUT2D eigenvalue weighted by Gasteiger charge is 2.10. The number of carbonyl (C=O) groups is 1. The molecular formula is C17H16BrClN2O5. The average molecular weight is 444 g/mol. The summed E-state index contributed by atoms with van der Waals surface area (Å²) in [6, 6.07) is 8.07. The van der Waals surface area contributed by atoms with Gasteiger partial charge < -0.3 is 19.3 Å². The fourth-order valence-electron chi connectivity index (χ4n) is 1.93. The van der Waals surface area contributed by atoms with Crippen molar-refractivity contribution < 1.29 is 24.1 Å². The number of hydrazone groups is 1. The molecule has 2 aromatic rings. The Hall–Kier alpha value is -2.45. The van der Waals surface area contributed by atoms with E-state index in [0.717, 1.165) is 0 Å². The lowest BCUT2D eigenvalue weighted by Gasteiger charge is -2.09. The number of rotatable bonds is 7. The fourth-order valence-corrected chi connectivity index (χ4v) is 2.73. The number of nitrogens with zero attached hydrogens (tertiary/aromatic N) is 1. The maximum absolute atomic E-state index is 11.8. The first kappa shape index (κ1) is 19.9. The molecular weight excluding hydrogens is 428 g/mol. The maximum Gasteiger partial charge on any atom is 0.277 e. The minimum Gasteiger partial charge on any atom is -0.502 e. The number of phenols is 1. The van der Waals surface area contributed by atoms with E-state index in [2.05, 4.69) is 26.5 Å². The van der Waals surface area contributed by atoms with Crippen LogP contribution in [-0.4, -0.2) is 38.1 Å². The minimum absolute atomic E-state index is 0.113. The number of amides is 1. The van der Waals surface area contributed by atoms with E-state index in [-0.39, 0.29) is 23.9 Å². The number of phenolic OH excluding ortho intramolecular Hbond substituents is 1. The molecule has 0 unspecified atom stereocenters. The Bertz CT molecular complexity index is 804. The van der Waals surface area contributed by atoms with Crippen molar-refractivity contribution >= 4 is 39.7 Å². The smallest absolute Gasteiger partial charge is 0.277 e. The largest absolute Gasteiger partial charge is 0.502 e. The first-order valence-corrected chi connectivity index (χ1v) is 8.46. The molecule has 0 saturated carbocycles. The van der Waals surface area contributed by atoms with Gasteiger partial charge >= 0.3 is 0 Å². The van der Waals surface area contributed by atoms with Crippen molar-refractivity contribution in [2.24, 2.45) is 5.10 Å². The average Bonchev–Trinajstić information content (AvgIpc) is 2.62. The summed E-state index contributed by atoms with van der Waals surface area (Å²) in [6.45, 7) is -0.222. The van der Waals surface area contributed by atoms with Gasteiger partial charge in [-0.25, -0.2) is 5.43 Å². The molecule has 0 atom stereocenters. The van der Waals surface area contributed by atoms with E-state index in [1.54, 1.807) is 30.3 Å². The van der Waals surface area contributed by atoms with Gasteiger partial charge in [0.1, 0.15) is 5.75 Å². The molecule has 0 aromatic heterocycles. The Morgan fingerprint density at radius 1 is 1.23 bits per heavy atom. The molecule has 0 aliphatic heterocycles. The number of methoxy groups -OCH3 is 2. The van der Waals surface area contributed by atoms with Crippen LogP contribution < -0.4 is 19.6 Å². The van der Waals surface area contributed by atoms with E-state index < -0.39 is 5.91 Å². The summed E-state index contributed by atoms with van der Waals surface area (Å²) in [4.78, 5) is 11.8. The fraction of sp³-hybridized carbons (Fsp3) is 0.176. The van der Waals surface area contributed by atoms with Gasteiger partial charge in [-0.3, -0.25) is 4.79 Å². The molecule has 138 valence electrons. The van der Waals surface area contributed by atoms with E-state index in [0.29, 0.717) is 20.8 Å². The number of benzene rings is 2. The predicted molar refractivity (Wildman–Crippen MR) is 102 cm³/mol. The van der Waals surface area contributed by atoms with Gasteiger partial charge in [-0.05, 0) is 46.3 Å². The first-order valence-electron chi connectivity index (χ1n) is 7.29. The van der Waals surface area contributed by atoms with Crippen molar-refractivity contribution in [1.29, 1.82) is 0 Å². The van der Waals surface area contributed by atoms with E-state index >= 15 is 0 Å². The number of ether oxygens (including phenoxy) is 3. The number of halogens is 2. The van der Waals surface area contributed by atoms with E-state index in [4.69, 9.17) is 25.8 Å². The van der Waals surface area contributed by atoms with Crippen LogP contribution in [0.25, 0.3) is 0 Å². The normalized spacial score (nSPS) is 10.6. The zero-order valence-corrected chi connectivity index (χ0v) is 16.3. The molecule has 0 fully saturated rings. The minimum atomic E-state index is -0.444. The molecule has 0 aliphatic carbocycles. The first-order chi connectivity index (χ1) is 12.4. The number of hydrogen-bond donors (Lipinski definition) is 2. The second-order valence-electron chi connectivity index (χ2n) is 4.93. The number of nitrogens with one attached hydrogen (secondary N) is 1. The number of hydrogen-bond acceptors (Lipinski definition) is 6. The van der Waals surface area contributed by atoms with E-state index in [9.17, 15) is 9.90 Å². The Kier molecular flexibility index (Phi) is 7.11. The highest BCUT2D eigenvalue weighted by Crippen LogP contribution is 2.36. The highest BCUT2D eigenvalue weighted by molar-refractivity contribution is 9.10. The van der Waals surface area contributed by atoms with Crippen LogP contribution in [0.5, 0.6) is 23.0 Å². The Balaban J connectivity index is 1.94. The van der Waals surface area contributed by atoms with Crippen LogP contribution in [0.15, 0.2) is 39.9 Å². The van der Waals surface area contributed by atoms with E-state index in [1.807, 2.05) is 0 Å². The summed E-state index contributed by atoms with van der Waals surface area (Å²) in [5.74, 6) is 0.390. The molecule has 1 amide bonds. The van der Waals surface area contributed by atoms with Crippen LogP contribution in [0.2, 0.25) is 5.02 Å². The lowest BCUT2D eigenvalue weighted by atomic mass is 10.2. The van der Waals surface area contributed by atoms with Gasteiger partial charge in [-0.15, -0.1) is 0 Å². The third-order valence-electron chi connectivity index (χ3n) is 3.16. The van der Waals surface area contributed by atoms with E-state index in [1.165, 1.54) is 20.4 Å². The molecule has 0 aliphatic rings. The molecule has 7 nitrogen and oxygen atoms in total. The Morgan fingerprint density at radius 3 is 2.46 bits per heavy atom. The van der Waals surface area contributed by atoms with Crippen molar-refractivity contribution in [3.8, 4) is 23.0 Å². The van der Waals surface area contributed by atoms with Gasteiger partial charge in [0.05, 0.1) is 24.9 Å². The van der Waals surface area contributed by atoms with Crippen LogP contribution in [-0.2, 0) is 4.79 Å². The van der Waals surface area contributed by atoms with Gasteiger partial charge in [0.2, 0.25) is 5.75 Å². The zero-order valence-electron chi connectivity index (χ0n) is 14.0. The molecule has 0 bridgehead atoms. The standard InChI is InChI=1S/C17H16BrClN2O5/c1-24-14-5-10(6-15(25-2)17(14)23)8-20-21-16(22)9-26-13-4-3-11(19)7-12(13)18/h3-8,23H,9H2,1-2H3,(H,21,22). The summed E-state index contributed by atoms with van der Waals surface area (Å²) in [7, 11) is 2.84. The predicted octanol–water partition coefficient (Wildman–Crippen LogP) is 3.35. The van der Waals surface area contributed by atoms with Crippen molar-refractivity contribution in [2.45, 2.75) is 0 Å². The molecule has 0 heterocycles. The molecule has 2 aromatic carbocycles. The van der Waals surface area contributed by atoms with Crippen molar-refractivity contribution in [3.05, 3.63) is 45.4 Å². The quantitative estimate of drug-likeness (QED) is 0.506. The second-order valence-corrected chi connectivity index (χ2v) is 6.22. The number of aromatic hydroxyl groups is 1. The van der Waals surface area contributed by atoms with Crippen molar-refractivity contribution in [3.63, 3.8) is 0 Å². The summed E-state index contributed by atoms with van der Waals surface area (Å²) in [5, 5.41) is 14.2. The zero-order chi connectivity index (χ0) is 19.1. The van der Waals surface area contributed by atoms with Gasteiger partial charge in [-0.2, -0.15) is 5.10 Å². The van der Waals surface area contributed by atoms with Crippen LogP contribution in [0.1, 0.15) is 5.56 Å². The van der Waals surface area contributed by atoms with Crippen LogP contribution in [0.4, 0.5) is 0 Å². The van der Waals surface area contributed by atoms with Crippen LogP contribution in [0.3, 0.4) is 0 Å². The number of carbonyl (C=O) groups excluding carboxylic acids is 1. The summed E-state index contributed by atoms with van der Waals surface area (Å²) in [5.41, 5.74) is 2.91. The SMILES string of the molecule is COc1cc(C=NNC(=O)COc2ccc(Cl)cc2Br)cc(OC)c1O.